The van der Waals surface area contributed by atoms with Gasteiger partial charge in [0.1, 0.15) is 29.6 Å². The number of allylic oxidation sites excluding steroid dienone is 4. The quantitative estimate of drug-likeness (QED) is 0.440. The number of carbonyl (C=O) groups excluding carboxylic acids is 3. The number of methoxy groups -OCH3 is 1. The van der Waals surface area contributed by atoms with E-state index in [0.717, 1.165) is 11.1 Å². The summed E-state index contributed by atoms with van der Waals surface area (Å²) in [6.45, 7) is 10.0. The average molecular weight is 544 g/mol. The van der Waals surface area contributed by atoms with Crippen LogP contribution in [-0.2, 0) is 25.7 Å². The smallest absolute Gasteiger partial charge is 0.221 e. The van der Waals surface area contributed by atoms with Gasteiger partial charge in [-0.05, 0) is 52.8 Å². The molecule has 0 spiro atoms. The molecule has 0 saturated heterocycles. The van der Waals surface area contributed by atoms with Crippen LogP contribution in [0.1, 0.15) is 77.3 Å². The molecule has 2 aliphatic carbocycles. The molecule has 210 valence electrons. The zero-order valence-electron chi connectivity index (χ0n) is 24.1. The van der Waals surface area contributed by atoms with Gasteiger partial charge in [-0.1, -0.05) is 33.8 Å². The number of anilines is 1. The maximum absolute atomic E-state index is 13.6. The van der Waals surface area contributed by atoms with Crippen LogP contribution >= 0.6 is 0 Å². The standard InChI is InChI=1S/C33H37NO6/c1-19(35)34-22-8-10-23(11-9-22)39-18-21-13-20(7-12-26(21)38-6)29-30-24(36)14-32(2,3)16-27(30)40-28-17-33(4,5)15-25(37)31(28)29/h7-13,29H,14-18H2,1-6H3,(H,34,35). The highest BCUT2D eigenvalue weighted by Gasteiger charge is 2.47. The van der Waals surface area contributed by atoms with Gasteiger partial charge in [0.2, 0.25) is 5.91 Å². The molecule has 3 aliphatic rings. The summed E-state index contributed by atoms with van der Waals surface area (Å²) in [6.07, 6.45) is 2.12. The fourth-order valence-electron chi connectivity index (χ4n) is 6.10. The molecule has 1 N–H and O–H groups in total. The second kappa shape index (κ2) is 10.3. The molecule has 0 saturated carbocycles. The van der Waals surface area contributed by atoms with Crippen LogP contribution in [0.4, 0.5) is 5.69 Å². The molecule has 1 amide bonds. The highest BCUT2D eigenvalue weighted by molar-refractivity contribution is 6.06. The third-order valence-electron chi connectivity index (χ3n) is 7.79. The largest absolute Gasteiger partial charge is 0.496 e. The van der Waals surface area contributed by atoms with Crippen LogP contribution in [0.3, 0.4) is 0 Å². The summed E-state index contributed by atoms with van der Waals surface area (Å²) in [4.78, 5) is 38.5. The van der Waals surface area contributed by atoms with Crippen molar-refractivity contribution in [1.29, 1.82) is 0 Å². The molecule has 2 aromatic carbocycles. The summed E-state index contributed by atoms with van der Waals surface area (Å²) in [7, 11) is 1.61. The van der Waals surface area contributed by atoms with E-state index >= 15 is 0 Å². The van der Waals surface area contributed by atoms with Crippen molar-refractivity contribution >= 4 is 23.2 Å². The summed E-state index contributed by atoms with van der Waals surface area (Å²) in [5, 5.41) is 2.74. The lowest BCUT2D eigenvalue weighted by atomic mass is 9.65. The molecule has 1 aliphatic heterocycles. The Morgan fingerprint density at radius 1 is 0.900 bits per heavy atom. The van der Waals surface area contributed by atoms with Crippen molar-refractivity contribution in [1.82, 2.24) is 0 Å². The lowest BCUT2D eigenvalue weighted by Gasteiger charge is -2.42. The van der Waals surface area contributed by atoms with Gasteiger partial charge in [-0.25, -0.2) is 0 Å². The highest BCUT2D eigenvalue weighted by Crippen LogP contribution is 2.53. The number of hydrogen-bond donors (Lipinski definition) is 1. The molecule has 5 rings (SSSR count). The van der Waals surface area contributed by atoms with Gasteiger partial charge >= 0.3 is 0 Å². The SMILES string of the molecule is COc1ccc(C2C3=C(CC(C)(C)CC3=O)OC3=C2C(=O)CC(C)(C)C3)cc1COc1ccc(NC(C)=O)cc1. The summed E-state index contributed by atoms with van der Waals surface area (Å²) in [5.41, 5.74) is 3.14. The Labute approximate surface area is 235 Å². The molecule has 7 heteroatoms. The van der Waals surface area contributed by atoms with Crippen LogP contribution in [0, 0.1) is 10.8 Å². The van der Waals surface area contributed by atoms with Crippen molar-refractivity contribution in [3.8, 4) is 11.5 Å². The van der Waals surface area contributed by atoms with E-state index in [1.54, 1.807) is 31.4 Å². The van der Waals surface area contributed by atoms with E-state index in [0.29, 0.717) is 65.5 Å². The first kappa shape index (κ1) is 27.7. The first-order valence-electron chi connectivity index (χ1n) is 13.7. The summed E-state index contributed by atoms with van der Waals surface area (Å²) in [5.74, 6) is 2.14. The molecular weight excluding hydrogens is 506 g/mol. The van der Waals surface area contributed by atoms with E-state index in [1.807, 2.05) is 18.2 Å². The number of rotatable bonds is 6. The van der Waals surface area contributed by atoms with Crippen molar-refractivity contribution in [2.75, 3.05) is 12.4 Å². The normalized spacial score (nSPS) is 19.9. The van der Waals surface area contributed by atoms with Crippen LogP contribution < -0.4 is 14.8 Å². The Bertz CT molecular complexity index is 1390. The zero-order valence-corrected chi connectivity index (χ0v) is 24.1. The van der Waals surface area contributed by atoms with E-state index in [2.05, 4.69) is 33.0 Å². The van der Waals surface area contributed by atoms with Crippen LogP contribution in [0.2, 0.25) is 0 Å². The van der Waals surface area contributed by atoms with Gasteiger partial charge in [0.05, 0.1) is 7.11 Å². The molecular formula is C33H37NO6. The van der Waals surface area contributed by atoms with Gasteiger partial charge in [-0.2, -0.15) is 0 Å². The third kappa shape index (κ3) is 5.55. The number of nitrogens with one attached hydrogen (secondary N) is 1. The maximum Gasteiger partial charge on any atom is 0.221 e. The molecule has 7 nitrogen and oxygen atoms in total. The van der Waals surface area contributed by atoms with Crippen molar-refractivity contribution < 1.29 is 28.6 Å². The first-order valence-corrected chi connectivity index (χ1v) is 13.7. The van der Waals surface area contributed by atoms with Gasteiger partial charge in [0.25, 0.3) is 0 Å². The fourth-order valence-corrected chi connectivity index (χ4v) is 6.10. The monoisotopic (exact) mass is 543 g/mol. The minimum atomic E-state index is -0.479. The number of hydrogen-bond acceptors (Lipinski definition) is 6. The van der Waals surface area contributed by atoms with Crippen molar-refractivity contribution in [3.63, 3.8) is 0 Å². The molecule has 1 heterocycles. The van der Waals surface area contributed by atoms with Crippen molar-refractivity contribution in [2.24, 2.45) is 10.8 Å². The number of ether oxygens (including phenoxy) is 3. The Morgan fingerprint density at radius 3 is 2.00 bits per heavy atom. The molecule has 40 heavy (non-hydrogen) atoms. The number of carbonyl (C=O) groups is 3. The van der Waals surface area contributed by atoms with E-state index in [9.17, 15) is 14.4 Å². The summed E-state index contributed by atoms with van der Waals surface area (Å²) < 4.78 is 18.1. The minimum absolute atomic E-state index is 0.0355. The van der Waals surface area contributed by atoms with Gasteiger partial charge in [0, 0.05) is 60.9 Å². The molecule has 0 bridgehead atoms. The van der Waals surface area contributed by atoms with Gasteiger partial charge in [-0.3, -0.25) is 14.4 Å². The number of ketones is 2. The van der Waals surface area contributed by atoms with Gasteiger partial charge < -0.3 is 19.5 Å². The second-order valence-electron chi connectivity index (χ2n) is 12.7. The lowest BCUT2D eigenvalue weighted by Crippen LogP contribution is -2.37. The molecule has 0 fully saturated rings. The van der Waals surface area contributed by atoms with E-state index < -0.39 is 5.92 Å². The van der Waals surface area contributed by atoms with Crippen molar-refractivity contribution in [2.45, 2.75) is 72.8 Å². The Balaban J connectivity index is 1.52. The minimum Gasteiger partial charge on any atom is -0.496 e. The molecule has 0 unspecified atom stereocenters. The van der Waals surface area contributed by atoms with Gasteiger partial charge in [0.15, 0.2) is 11.6 Å². The summed E-state index contributed by atoms with van der Waals surface area (Å²) >= 11 is 0. The average Bonchev–Trinajstić information content (AvgIpc) is 2.85. The Kier molecular flexibility index (Phi) is 7.11. The Hall–Kier alpha value is -3.87. The van der Waals surface area contributed by atoms with Crippen LogP contribution in [0.25, 0.3) is 0 Å². The third-order valence-corrected chi connectivity index (χ3v) is 7.79. The molecule has 2 aromatic rings. The van der Waals surface area contributed by atoms with Gasteiger partial charge in [-0.15, -0.1) is 0 Å². The maximum atomic E-state index is 13.6. The second-order valence-corrected chi connectivity index (χ2v) is 12.7. The fraction of sp³-hybridized carbons (Fsp3) is 0.424. The van der Waals surface area contributed by atoms with E-state index in [1.165, 1.54) is 6.92 Å². The number of benzene rings is 2. The zero-order chi connectivity index (χ0) is 28.8. The molecule has 0 radical (unpaired) electrons. The lowest BCUT2D eigenvalue weighted by molar-refractivity contribution is -0.120. The van der Waals surface area contributed by atoms with E-state index in [-0.39, 0.29) is 34.9 Å². The van der Waals surface area contributed by atoms with Crippen molar-refractivity contribution in [3.05, 3.63) is 76.3 Å². The highest BCUT2D eigenvalue weighted by atomic mass is 16.5. The van der Waals surface area contributed by atoms with Crippen LogP contribution in [0.15, 0.2) is 65.1 Å². The predicted octanol–water partition coefficient (Wildman–Crippen LogP) is 6.63. The van der Waals surface area contributed by atoms with E-state index in [4.69, 9.17) is 14.2 Å². The topological polar surface area (TPSA) is 90.9 Å². The number of amides is 1. The Morgan fingerprint density at radius 2 is 1.48 bits per heavy atom. The number of Topliss-reactive ketones (excluding diaryl/α,β-unsaturated/α-hetero) is 2. The molecule has 0 aromatic heterocycles. The summed E-state index contributed by atoms with van der Waals surface area (Å²) in [6, 6.07) is 12.9. The van der Waals surface area contributed by atoms with Crippen LogP contribution in [0.5, 0.6) is 11.5 Å². The first-order chi connectivity index (χ1) is 18.9. The molecule has 0 atom stereocenters. The van der Waals surface area contributed by atoms with Crippen LogP contribution in [-0.4, -0.2) is 24.6 Å². The predicted molar refractivity (Wildman–Crippen MR) is 152 cm³/mol.